The molecule has 2 aromatic carbocycles. The fourth-order valence-electron chi connectivity index (χ4n) is 2.14. The van der Waals surface area contributed by atoms with E-state index in [1.165, 1.54) is 12.1 Å². The van der Waals surface area contributed by atoms with E-state index in [0.29, 0.717) is 22.3 Å². The number of hydrogen-bond donors (Lipinski definition) is 1. The predicted molar refractivity (Wildman–Crippen MR) is 90.2 cm³/mol. The molecule has 0 aliphatic carbocycles. The van der Waals surface area contributed by atoms with Crippen LogP contribution in [0.15, 0.2) is 36.4 Å². The van der Waals surface area contributed by atoms with E-state index >= 15 is 0 Å². The van der Waals surface area contributed by atoms with Crippen LogP contribution in [0.1, 0.15) is 15.9 Å². The summed E-state index contributed by atoms with van der Waals surface area (Å²) in [5, 5.41) is 12.2. The SMILES string of the molecule is CN(Cc1ccc(Cl)cc1Cl)c1ccc(C(N)=O)cc1[N+](=O)[O-]. The highest BCUT2D eigenvalue weighted by molar-refractivity contribution is 6.35. The predicted octanol–water partition coefficient (Wildman–Crippen LogP) is 3.64. The third-order valence-electron chi connectivity index (χ3n) is 3.29. The van der Waals surface area contributed by atoms with E-state index < -0.39 is 10.8 Å². The molecule has 6 nitrogen and oxygen atoms in total. The molecule has 0 unspecified atom stereocenters. The van der Waals surface area contributed by atoms with E-state index in [0.717, 1.165) is 11.6 Å². The zero-order chi connectivity index (χ0) is 17.1. The second-order valence-electron chi connectivity index (χ2n) is 4.92. The number of amides is 1. The van der Waals surface area contributed by atoms with Crippen LogP contribution in [-0.4, -0.2) is 17.9 Å². The van der Waals surface area contributed by atoms with Crippen LogP contribution in [0.2, 0.25) is 10.0 Å². The van der Waals surface area contributed by atoms with Crippen molar-refractivity contribution < 1.29 is 9.72 Å². The highest BCUT2D eigenvalue weighted by Crippen LogP contribution is 2.31. The van der Waals surface area contributed by atoms with Crippen LogP contribution in [0, 0.1) is 10.1 Å². The van der Waals surface area contributed by atoms with Gasteiger partial charge in [0.1, 0.15) is 5.69 Å². The Morgan fingerprint density at radius 2 is 1.96 bits per heavy atom. The molecule has 0 spiro atoms. The van der Waals surface area contributed by atoms with Gasteiger partial charge in [-0.05, 0) is 29.8 Å². The lowest BCUT2D eigenvalue weighted by molar-refractivity contribution is -0.384. The molecule has 0 saturated carbocycles. The third-order valence-corrected chi connectivity index (χ3v) is 3.88. The molecule has 2 N–H and O–H groups in total. The molecule has 0 heterocycles. The minimum Gasteiger partial charge on any atom is -0.366 e. The number of nitrogens with zero attached hydrogens (tertiary/aromatic N) is 2. The van der Waals surface area contributed by atoms with Gasteiger partial charge in [-0.2, -0.15) is 0 Å². The van der Waals surface area contributed by atoms with Crippen molar-refractivity contribution in [2.75, 3.05) is 11.9 Å². The summed E-state index contributed by atoms with van der Waals surface area (Å²) in [5.41, 5.74) is 6.17. The summed E-state index contributed by atoms with van der Waals surface area (Å²) in [6.07, 6.45) is 0. The van der Waals surface area contributed by atoms with E-state index in [4.69, 9.17) is 28.9 Å². The van der Waals surface area contributed by atoms with Gasteiger partial charge >= 0.3 is 0 Å². The van der Waals surface area contributed by atoms with Crippen LogP contribution in [-0.2, 0) is 6.54 Å². The Hall–Kier alpha value is -2.31. The molecule has 0 bridgehead atoms. The first-order chi connectivity index (χ1) is 10.8. The number of rotatable bonds is 5. The van der Waals surface area contributed by atoms with Crippen molar-refractivity contribution in [1.29, 1.82) is 0 Å². The average Bonchev–Trinajstić information content (AvgIpc) is 2.49. The number of nitrogens with two attached hydrogens (primary N) is 1. The van der Waals surface area contributed by atoms with E-state index in [1.807, 2.05) is 0 Å². The first-order valence-electron chi connectivity index (χ1n) is 6.53. The lowest BCUT2D eigenvalue weighted by Gasteiger charge is -2.20. The number of nitro groups is 1. The number of hydrogen-bond acceptors (Lipinski definition) is 4. The summed E-state index contributed by atoms with van der Waals surface area (Å²) in [7, 11) is 1.69. The van der Waals surface area contributed by atoms with Crippen molar-refractivity contribution in [3.8, 4) is 0 Å². The van der Waals surface area contributed by atoms with Crippen LogP contribution >= 0.6 is 23.2 Å². The summed E-state index contributed by atoms with van der Waals surface area (Å²) >= 11 is 12.0. The lowest BCUT2D eigenvalue weighted by Crippen LogP contribution is -2.19. The Kier molecular flexibility index (Phi) is 5.08. The molecule has 0 radical (unpaired) electrons. The molecule has 23 heavy (non-hydrogen) atoms. The number of anilines is 1. The Morgan fingerprint density at radius 1 is 1.26 bits per heavy atom. The van der Waals surface area contributed by atoms with E-state index in [9.17, 15) is 14.9 Å². The van der Waals surface area contributed by atoms with Gasteiger partial charge in [0.25, 0.3) is 5.69 Å². The fourth-order valence-corrected chi connectivity index (χ4v) is 2.60. The van der Waals surface area contributed by atoms with Gasteiger partial charge in [-0.15, -0.1) is 0 Å². The third kappa shape index (κ3) is 3.91. The van der Waals surface area contributed by atoms with Gasteiger partial charge in [0.05, 0.1) is 4.92 Å². The van der Waals surface area contributed by atoms with Gasteiger partial charge in [0.15, 0.2) is 0 Å². The van der Waals surface area contributed by atoms with Gasteiger partial charge in [0.2, 0.25) is 5.91 Å². The average molecular weight is 354 g/mol. The van der Waals surface area contributed by atoms with Crippen LogP contribution in [0.5, 0.6) is 0 Å². The maximum atomic E-state index is 11.2. The van der Waals surface area contributed by atoms with Crippen molar-refractivity contribution in [2.24, 2.45) is 5.73 Å². The summed E-state index contributed by atoms with van der Waals surface area (Å²) in [6, 6.07) is 9.16. The Morgan fingerprint density at radius 3 is 2.52 bits per heavy atom. The van der Waals surface area contributed by atoms with Gasteiger partial charge in [-0.1, -0.05) is 29.3 Å². The molecule has 120 valence electrons. The quantitative estimate of drug-likeness (QED) is 0.656. The van der Waals surface area contributed by atoms with Crippen molar-refractivity contribution >= 4 is 40.5 Å². The van der Waals surface area contributed by atoms with Crippen molar-refractivity contribution in [3.63, 3.8) is 0 Å². The summed E-state index contributed by atoms with van der Waals surface area (Å²) in [6.45, 7) is 0.340. The summed E-state index contributed by atoms with van der Waals surface area (Å²) < 4.78 is 0. The largest absolute Gasteiger partial charge is 0.366 e. The number of benzene rings is 2. The van der Waals surface area contributed by atoms with Gasteiger partial charge in [-0.25, -0.2) is 0 Å². The number of carbonyl (C=O) groups is 1. The first kappa shape index (κ1) is 17.1. The van der Waals surface area contributed by atoms with Crippen LogP contribution in [0.3, 0.4) is 0 Å². The molecule has 0 aromatic heterocycles. The summed E-state index contributed by atoms with van der Waals surface area (Å²) in [5.74, 6) is -0.719. The second kappa shape index (κ2) is 6.85. The normalized spacial score (nSPS) is 10.4. The molecule has 0 saturated heterocycles. The molecule has 0 aliphatic rings. The second-order valence-corrected chi connectivity index (χ2v) is 5.76. The molecule has 8 heteroatoms. The standard InChI is InChI=1S/C15H13Cl2N3O3/c1-19(8-10-2-4-11(16)7-12(10)17)13-5-3-9(15(18)21)6-14(13)20(22)23/h2-7H,8H2,1H3,(H2,18,21). The summed E-state index contributed by atoms with van der Waals surface area (Å²) in [4.78, 5) is 23.5. The number of nitro benzene ring substituents is 1. The van der Waals surface area contributed by atoms with Crippen molar-refractivity contribution in [1.82, 2.24) is 0 Å². The van der Waals surface area contributed by atoms with Gasteiger partial charge < -0.3 is 10.6 Å². The van der Waals surface area contributed by atoms with Crippen LogP contribution in [0.25, 0.3) is 0 Å². The van der Waals surface area contributed by atoms with E-state index in [1.54, 1.807) is 30.1 Å². The van der Waals surface area contributed by atoms with E-state index in [-0.39, 0.29) is 11.3 Å². The number of carbonyl (C=O) groups excluding carboxylic acids is 1. The Labute approximate surface area is 142 Å². The van der Waals surface area contributed by atoms with Crippen LogP contribution in [0.4, 0.5) is 11.4 Å². The Balaban J connectivity index is 2.36. The molecule has 2 rings (SSSR count). The lowest BCUT2D eigenvalue weighted by atomic mass is 10.1. The fraction of sp³-hybridized carbons (Fsp3) is 0.133. The zero-order valence-corrected chi connectivity index (χ0v) is 13.6. The number of primary amides is 1. The molecule has 1 amide bonds. The van der Waals surface area contributed by atoms with Gasteiger partial charge in [0, 0.05) is 35.3 Å². The minimum atomic E-state index is -0.719. The highest BCUT2D eigenvalue weighted by atomic mass is 35.5. The first-order valence-corrected chi connectivity index (χ1v) is 7.28. The topological polar surface area (TPSA) is 89.5 Å². The molecular formula is C15H13Cl2N3O3. The highest BCUT2D eigenvalue weighted by Gasteiger charge is 2.20. The molecular weight excluding hydrogens is 341 g/mol. The van der Waals surface area contributed by atoms with Gasteiger partial charge in [-0.3, -0.25) is 14.9 Å². The van der Waals surface area contributed by atoms with E-state index in [2.05, 4.69) is 0 Å². The molecule has 2 aromatic rings. The zero-order valence-electron chi connectivity index (χ0n) is 12.1. The van der Waals surface area contributed by atoms with Crippen molar-refractivity contribution in [3.05, 3.63) is 67.7 Å². The van der Waals surface area contributed by atoms with Crippen LogP contribution < -0.4 is 10.6 Å². The monoisotopic (exact) mass is 353 g/mol. The molecule has 0 atom stereocenters. The Bertz CT molecular complexity index is 781. The number of halogens is 2. The minimum absolute atomic E-state index is 0.0818. The maximum Gasteiger partial charge on any atom is 0.293 e. The maximum absolute atomic E-state index is 11.2. The van der Waals surface area contributed by atoms with Crippen molar-refractivity contribution in [2.45, 2.75) is 6.54 Å². The molecule has 0 fully saturated rings. The smallest absolute Gasteiger partial charge is 0.293 e. The molecule has 0 aliphatic heterocycles.